The lowest BCUT2D eigenvalue weighted by Gasteiger charge is -2.23. The Morgan fingerprint density at radius 3 is 2.67 bits per heavy atom. The first-order chi connectivity index (χ1) is 15.6. The zero-order valence-corrected chi connectivity index (χ0v) is 19.1. The van der Waals surface area contributed by atoms with Crippen LogP contribution in [0, 0.1) is 0 Å². The Labute approximate surface area is 191 Å². The maximum atomic E-state index is 14.1. The van der Waals surface area contributed by atoms with Gasteiger partial charge < -0.3 is 26.2 Å². The third kappa shape index (κ3) is 5.93. The van der Waals surface area contributed by atoms with E-state index < -0.39 is 17.7 Å². The lowest BCUT2D eigenvalue weighted by Crippen LogP contribution is -2.42. The van der Waals surface area contributed by atoms with E-state index in [1.54, 1.807) is 28.9 Å². The first-order valence-corrected chi connectivity index (χ1v) is 10.7. The van der Waals surface area contributed by atoms with Crippen LogP contribution in [0.15, 0.2) is 30.6 Å². The van der Waals surface area contributed by atoms with Crippen molar-refractivity contribution >= 4 is 23.1 Å². The van der Waals surface area contributed by atoms with Gasteiger partial charge >= 0.3 is 0 Å². The van der Waals surface area contributed by atoms with Gasteiger partial charge in [-0.1, -0.05) is 0 Å². The molecule has 3 rings (SSSR count). The van der Waals surface area contributed by atoms with Crippen LogP contribution >= 0.6 is 0 Å². The minimum Gasteiger partial charge on any atom is -0.395 e. The van der Waals surface area contributed by atoms with Gasteiger partial charge in [-0.15, -0.1) is 5.10 Å². The number of amides is 1. The van der Waals surface area contributed by atoms with Crippen LogP contribution in [0.25, 0.3) is 17.0 Å². The molecule has 10 nitrogen and oxygen atoms in total. The van der Waals surface area contributed by atoms with Gasteiger partial charge in [0.1, 0.15) is 17.7 Å². The molecule has 0 aliphatic carbocycles. The molecule has 0 fully saturated rings. The van der Waals surface area contributed by atoms with E-state index in [0.29, 0.717) is 35.1 Å². The summed E-state index contributed by atoms with van der Waals surface area (Å²) in [6.07, 6.45) is 1.43. The quantitative estimate of drug-likeness (QED) is 0.310. The van der Waals surface area contributed by atoms with Crippen molar-refractivity contribution in [1.29, 1.82) is 0 Å². The van der Waals surface area contributed by atoms with Crippen molar-refractivity contribution in [3.63, 3.8) is 0 Å². The van der Waals surface area contributed by atoms with Crippen LogP contribution in [0.2, 0.25) is 0 Å². The number of pyridine rings is 1. The van der Waals surface area contributed by atoms with Gasteiger partial charge in [0.25, 0.3) is 5.91 Å². The molecule has 3 heterocycles. The molecule has 0 bridgehead atoms. The largest absolute Gasteiger partial charge is 0.395 e. The molecule has 0 saturated carbocycles. The molecule has 0 unspecified atom stereocenters. The Morgan fingerprint density at radius 2 is 2.00 bits per heavy atom. The van der Waals surface area contributed by atoms with E-state index in [0.717, 1.165) is 0 Å². The summed E-state index contributed by atoms with van der Waals surface area (Å²) in [4.78, 5) is 21.5. The number of alkyl halides is 1. The number of rotatable bonds is 10. The summed E-state index contributed by atoms with van der Waals surface area (Å²) in [5.74, 6) is 0.0655. The number of fused-ring (bicyclic) bond motifs is 1. The zero-order chi connectivity index (χ0) is 24.2. The number of aliphatic hydroxyl groups is 2. The molecule has 0 aliphatic rings. The minimum atomic E-state index is -1.62. The third-order valence-corrected chi connectivity index (χ3v) is 4.84. The van der Waals surface area contributed by atoms with Crippen molar-refractivity contribution in [2.45, 2.75) is 45.5 Å². The van der Waals surface area contributed by atoms with Crippen LogP contribution in [0.4, 0.5) is 15.9 Å². The van der Waals surface area contributed by atoms with Crippen LogP contribution in [0.3, 0.4) is 0 Å². The summed E-state index contributed by atoms with van der Waals surface area (Å²) in [7, 11) is 0. The monoisotopic (exact) mass is 459 g/mol. The van der Waals surface area contributed by atoms with Crippen LogP contribution in [-0.4, -0.2) is 73.2 Å². The number of nitrogens with one attached hydrogen (secondary N) is 3. The van der Waals surface area contributed by atoms with Gasteiger partial charge in [0.2, 0.25) is 0 Å². The van der Waals surface area contributed by atoms with Crippen LogP contribution in [0.1, 0.15) is 38.1 Å². The number of anilines is 2. The van der Waals surface area contributed by atoms with E-state index in [1.165, 1.54) is 20.0 Å². The second-order valence-corrected chi connectivity index (χ2v) is 8.53. The summed E-state index contributed by atoms with van der Waals surface area (Å²) in [6.45, 7) is 6.57. The van der Waals surface area contributed by atoms with E-state index in [2.05, 4.69) is 31.0 Å². The first kappa shape index (κ1) is 24.3. The molecule has 0 saturated heterocycles. The van der Waals surface area contributed by atoms with Gasteiger partial charge in [-0.25, -0.2) is 13.9 Å². The average Bonchev–Trinajstić information content (AvgIpc) is 3.17. The smallest absolute Gasteiger partial charge is 0.255 e. The van der Waals surface area contributed by atoms with Gasteiger partial charge in [0.15, 0.2) is 5.65 Å². The van der Waals surface area contributed by atoms with Crippen molar-refractivity contribution < 1.29 is 19.4 Å². The molecule has 5 N–H and O–H groups in total. The number of imidazole rings is 1. The molecule has 0 aliphatic heterocycles. The van der Waals surface area contributed by atoms with Gasteiger partial charge in [0, 0.05) is 18.8 Å². The lowest BCUT2D eigenvalue weighted by molar-refractivity contribution is -0.00177. The Bertz CT molecular complexity index is 1110. The normalized spacial score (nSPS) is 12.7. The van der Waals surface area contributed by atoms with Crippen molar-refractivity contribution in [3.05, 3.63) is 36.2 Å². The number of carbonyl (C=O) groups excluding carboxylic acids is 1. The van der Waals surface area contributed by atoms with Crippen LogP contribution in [-0.2, 0) is 0 Å². The number of nitrogens with zero attached hydrogens (tertiary/aromatic N) is 4. The minimum absolute atomic E-state index is 0.0201. The predicted octanol–water partition coefficient (Wildman–Crippen LogP) is 1.85. The van der Waals surface area contributed by atoms with Crippen LogP contribution in [0.5, 0.6) is 0 Å². The molecular formula is C22H30FN7O3. The number of hydrogen-bond acceptors (Lipinski definition) is 8. The van der Waals surface area contributed by atoms with E-state index >= 15 is 0 Å². The second-order valence-electron chi connectivity index (χ2n) is 8.53. The number of aromatic nitrogens is 4. The molecule has 1 atom stereocenters. The summed E-state index contributed by atoms with van der Waals surface area (Å²) < 4.78 is 15.7. The maximum absolute atomic E-state index is 14.1. The number of carbonyl (C=O) groups is 1. The van der Waals surface area contributed by atoms with Crippen molar-refractivity contribution in [1.82, 2.24) is 24.9 Å². The maximum Gasteiger partial charge on any atom is 0.255 e. The van der Waals surface area contributed by atoms with Crippen LogP contribution < -0.4 is 16.0 Å². The van der Waals surface area contributed by atoms with Gasteiger partial charge in [-0.2, -0.15) is 0 Å². The Kier molecular flexibility index (Phi) is 7.44. The first-order valence-electron chi connectivity index (χ1n) is 10.7. The Hall–Kier alpha value is -3.31. The third-order valence-electron chi connectivity index (χ3n) is 4.84. The van der Waals surface area contributed by atoms with E-state index in [9.17, 15) is 14.3 Å². The standard InChI is InChI=1S/C22H30FN7O3/c1-13(2)28-15-9-16(25-10-14(15)21(32)27-12-18(23)22(3,4)33)17-11-26-20-6-5-19(24-7-8-31)29-30(17)20/h5-6,9-11,13,18,31,33H,7-8,12H2,1-4H3,(H,24,29)(H,25,28)(H,27,32)/t18-/m1/s1. The highest BCUT2D eigenvalue weighted by Crippen LogP contribution is 2.25. The second kappa shape index (κ2) is 10.1. The highest BCUT2D eigenvalue weighted by Gasteiger charge is 2.27. The Balaban J connectivity index is 1.92. The van der Waals surface area contributed by atoms with Gasteiger partial charge in [0.05, 0.1) is 41.9 Å². The lowest BCUT2D eigenvalue weighted by atomic mass is 10.0. The molecule has 11 heteroatoms. The highest BCUT2D eigenvalue weighted by molar-refractivity contribution is 6.00. The molecule has 3 aromatic heterocycles. The SMILES string of the molecule is CC(C)Nc1cc(-c2cnc3ccc(NCCO)nn23)ncc1C(=O)NC[C@@H](F)C(C)(C)O. The van der Waals surface area contributed by atoms with E-state index in [1.807, 2.05) is 13.8 Å². The fourth-order valence-electron chi connectivity index (χ4n) is 3.06. The summed E-state index contributed by atoms with van der Waals surface area (Å²) in [5.41, 5.74) is 0.978. The fourth-order valence-corrected chi connectivity index (χ4v) is 3.06. The van der Waals surface area contributed by atoms with Crippen molar-refractivity contribution in [3.8, 4) is 11.4 Å². The van der Waals surface area contributed by atoms with Crippen molar-refractivity contribution in [2.24, 2.45) is 0 Å². The molecule has 0 aromatic carbocycles. The zero-order valence-electron chi connectivity index (χ0n) is 19.1. The molecule has 0 radical (unpaired) electrons. The van der Waals surface area contributed by atoms with Crippen molar-refractivity contribution in [2.75, 3.05) is 30.3 Å². The van der Waals surface area contributed by atoms with Gasteiger partial charge in [-0.3, -0.25) is 9.78 Å². The average molecular weight is 460 g/mol. The summed E-state index contributed by atoms with van der Waals surface area (Å²) in [6, 6.07) is 5.30. The molecular weight excluding hydrogens is 429 g/mol. The topological polar surface area (TPSA) is 137 Å². The molecule has 178 valence electrons. The molecule has 33 heavy (non-hydrogen) atoms. The van der Waals surface area contributed by atoms with Gasteiger partial charge in [-0.05, 0) is 45.9 Å². The van der Waals surface area contributed by atoms with E-state index in [-0.39, 0.29) is 24.8 Å². The number of hydrogen-bond donors (Lipinski definition) is 5. The fraction of sp³-hybridized carbons (Fsp3) is 0.455. The molecule has 3 aromatic rings. The molecule has 1 amide bonds. The summed E-state index contributed by atoms with van der Waals surface area (Å²) in [5, 5.41) is 32.0. The summed E-state index contributed by atoms with van der Waals surface area (Å²) >= 11 is 0. The highest BCUT2D eigenvalue weighted by atomic mass is 19.1. The Morgan fingerprint density at radius 1 is 1.24 bits per heavy atom. The number of halogens is 1. The number of aliphatic hydroxyl groups excluding tert-OH is 1. The predicted molar refractivity (Wildman–Crippen MR) is 124 cm³/mol. The molecule has 0 spiro atoms. The van der Waals surface area contributed by atoms with E-state index in [4.69, 9.17) is 5.11 Å².